The lowest BCUT2D eigenvalue weighted by Gasteiger charge is -2.23. The molecule has 216 valence electrons. The van der Waals surface area contributed by atoms with Crippen LogP contribution in [0.15, 0.2) is 81.6 Å². The van der Waals surface area contributed by atoms with Crippen LogP contribution < -0.4 is 9.80 Å². The monoisotopic (exact) mass is 582 g/mol. The lowest BCUT2D eigenvalue weighted by atomic mass is 10.2. The predicted octanol–water partition coefficient (Wildman–Crippen LogP) is 4.38. The number of benzene rings is 2. The maximum atomic E-state index is 12.3. The fraction of sp³-hybridized carbons (Fsp3) is 0.333. The number of anilines is 2. The van der Waals surface area contributed by atoms with Gasteiger partial charge in [-0.25, -0.2) is 18.6 Å². The third kappa shape index (κ3) is 9.23. The average molecular weight is 583 g/mol. The SMILES string of the molecule is CCN(CCOS(=O)(=O)OCCN(CC)c1ccc(N=Nc2ncn[nH]2)cc1)c1ccc(N=Nc2ncn[nH]2)cc1. The van der Waals surface area contributed by atoms with E-state index in [0.717, 1.165) is 11.4 Å². The van der Waals surface area contributed by atoms with Crippen molar-refractivity contribution in [3.8, 4) is 0 Å². The van der Waals surface area contributed by atoms with Crippen LogP contribution in [0.2, 0.25) is 0 Å². The molecule has 4 rings (SSSR count). The Hall–Kier alpha value is -4.61. The molecule has 0 aliphatic rings. The van der Waals surface area contributed by atoms with Crippen molar-refractivity contribution in [3.63, 3.8) is 0 Å². The summed E-state index contributed by atoms with van der Waals surface area (Å²) >= 11 is 0. The molecule has 17 heteroatoms. The normalized spacial score (nSPS) is 12.0. The van der Waals surface area contributed by atoms with E-state index in [4.69, 9.17) is 8.37 Å². The summed E-state index contributed by atoms with van der Waals surface area (Å²) in [5, 5.41) is 28.7. The summed E-state index contributed by atoms with van der Waals surface area (Å²) in [5.74, 6) is 0.620. The summed E-state index contributed by atoms with van der Waals surface area (Å²) in [6, 6.07) is 14.7. The lowest BCUT2D eigenvalue weighted by Crippen LogP contribution is -2.30. The summed E-state index contributed by atoms with van der Waals surface area (Å²) in [5.41, 5.74) is 3.05. The quantitative estimate of drug-likeness (QED) is 0.179. The Kier molecular flexibility index (Phi) is 10.5. The van der Waals surface area contributed by atoms with E-state index < -0.39 is 10.4 Å². The first-order valence-electron chi connectivity index (χ1n) is 12.7. The van der Waals surface area contributed by atoms with Crippen LogP contribution >= 0.6 is 0 Å². The third-order valence-corrected chi connectivity index (χ3v) is 6.61. The van der Waals surface area contributed by atoms with Gasteiger partial charge in [0.15, 0.2) is 0 Å². The molecule has 4 aromatic rings. The number of nitrogens with zero attached hydrogens (tertiary/aromatic N) is 10. The van der Waals surface area contributed by atoms with E-state index in [-0.39, 0.29) is 13.2 Å². The molecule has 0 saturated carbocycles. The van der Waals surface area contributed by atoms with Gasteiger partial charge in [-0.3, -0.25) is 0 Å². The molecule has 0 spiro atoms. The fourth-order valence-corrected chi connectivity index (χ4v) is 4.26. The molecule has 0 aliphatic heterocycles. The molecule has 41 heavy (non-hydrogen) atoms. The number of rotatable bonds is 16. The van der Waals surface area contributed by atoms with Gasteiger partial charge in [-0.1, -0.05) is 0 Å². The van der Waals surface area contributed by atoms with E-state index in [2.05, 4.69) is 50.8 Å². The number of aromatic nitrogens is 6. The Morgan fingerprint density at radius 3 is 1.44 bits per heavy atom. The Labute approximate surface area is 236 Å². The Balaban J connectivity index is 1.20. The molecule has 0 atom stereocenters. The fourth-order valence-electron chi connectivity index (χ4n) is 3.64. The molecule has 0 saturated heterocycles. The molecule has 2 heterocycles. The predicted molar refractivity (Wildman–Crippen MR) is 151 cm³/mol. The van der Waals surface area contributed by atoms with Crippen LogP contribution in [0.25, 0.3) is 0 Å². The molecule has 2 aromatic heterocycles. The standard InChI is InChI=1S/C24H30N12O4S/c1-3-35(21-9-5-19(6-10-21)29-33-23-25-17-27-31-23)13-15-39-41(37,38)40-16-14-36(4-2)22-11-7-20(8-12-22)30-34-24-26-18-28-32-24/h5-12,17-18H,3-4,13-16H2,1-2H3,(H,25,27,31)(H,26,28,32). The number of hydrogen-bond acceptors (Lipinski definition) is 14. The number of hydrogen-bond donors (Lipinski definition) is 2. The number of likely N-dealkylation sites (N-methyl/N-ethyl adjacent to an activating group) is 2. The summed E-state index contributed by atoms with van der Waals surface area (Å²) in [6.07, 6.45) is 2.70. The number of nitrogens with one attached hydrogen (secondary N) is 2. The average Bonchev–Trinajstić information content (AvgIpc) is 3.71. The van der Waals surface area contributed by atoms with Crippen molar-refractivity contribution in [2.45, 2.75) is 13.8 Å². The van der Waals surface area contributed by atoms with Gasteiger partial charge < -0.3 is 9.80 Å². The molecule has 0 amide bonds. The molecular weight excluding hydrogens is 552 g/mol. The zero-order valence-electron chi connectivity index (χ0n) is 22.5. The molecule has 2 aromatic carbocycles. The van der Waals surface area contributed by atoms with Gasteiger partial charge in [0.05, 0.1) is 24.6 Å². The van der Waals surface area contributed by atoms with Crippen molar-refractivity contribution in [1.82, 2.24) is 30.4 Å². The van der Waals surface area contributed by atoms with Crippen molar-refractivity contribution >= 4 is 45.0 Å². The highest BCUT2D eigenvalue weighted by molar-refractivity contribution is 7.81. The van der Waals surface area contributed by atoms with Gasteiger partial charge in [0.25, 0.3) is 11.9 Å². The van der Waals surface area contributed by atoms with E-state index in [0.29, 0.717) is 49.5 Å². The van der Waals surface area contributed by atoms with E-state index in [9.17, 15) is 8.42 Å². The van der Waals surface area contributed by atoms with Crippen LogP contribution in [0.4, 0.5) is 34.6 Å². The lowest BCUT2D eigenvalue weighted by molar-refractivity contribution is 0.221. The van der Waals surface area contributed by atoms with Crippen LogP contribution in [0.1, 0.15) is 13.8 Å². The van der Waals surface area contributed by atoms with E-state index in [1.54, 1.807) is 24.3 Å². The van der Waals surface area contributed by atoms with Crippen LogP contribution in [-0.4, -0.2) is 78.2 Å². The van der Waals surface area contributed by atoms with Crippen molar-refractivity contribution in [1.29, 1.82) is 0 Å². The highest BCUT2D eigenvalue weighted by Crippen LogP contribution is 2.22. The summed E-state index contributed by atoms with van der Waals surface area (Å²) in [6.45, 7) is 5.79. The van der Waals surface area contributed by atoms with Crippen molar-refractivity contribution in [2.24, 2.45) is 20.5 Å². The Morgan fingerprint density at radius 1 is 0.683 bits per heavy atom. The van der Waals surface area contributed by atoms with Crippen LogP contribution in [0.3, 0.4) is 0 Å². The minimum absolute atomic E-state index is 0.0648. The number of azo groups is 2. The first-order valence-corrected chi connectivity index (χ1v) is 14.1. The second-order valence-electron chi connectivity index (χ2n) is 8.26. The summed E-state index contributed by atoms with van der Waals surface area (Å²) in [4.78, 5) is 11.7. The van der Waals surface area contributed by atoms with Crippen molar-refractivity contribution in [2.75, 3.05) is 49.2 Å². The van der Waals surface area contributed by atoms with E-state index in [1.807, 2.05) is 47.9 Å². The second kappa shape index (κ2) is 14.7. The van der Waals surface area contributed by atoms with Gasteiger partial charge in [0, 0.05) is 37.6 Å². The topological polar surface area (TPSA) is 192 Å². The van der Waals surface area contributed by atoms with Gasteiger partial charge in [0.1, 0.15) is 12.7 Å². The van der Waals surface area contributed by atoms with E-state index in [1.165, 1.54) is 12.7 Å². The Bertz CT molecular complexity index is 1370. The van der Waals surface area contributed by atoms with Gasteiger partial charge >= 0.3 is 10.4 Å². The Morgan fingerprint density at radius 2 is 1.10 bits per heavy atom. The second-order valence-corrected chi connectivity index (χ2v) is 9.55. The molecule has 0 radical (unpaired) electrons. The van der Waals surface area contributed by atoms with E-state index >= 15 is 0 Å². The maximum absolute atomic E-state index is 12.3. The third-order valence-electron chi connectivity index (χ3n) is 5.70. The van der Waals surface area contributed by atoms with Crippen LogP contribution in [0.5, 0.6) is 0 Å². The zero-order chi connectivity index (χ0) is 28.9. The van der Waals surface area contributed by atoms with Crippen molar-refractivity contribution < 1.29 is 16.8 Å². The smallest absolute Gasteiger partial charge is 0.369 e. The zero-order valence-corrected chi connectivity index (χ0v) is 23.3. The minimum atomic E-state index is -4.16. The van der Waals surface area contributed by atoms with Gasteiger partial charge in [-0.05, 0) is 62.4 Å². The summed E-state index contributed by atoms with van der Waals surface area (Å²) < 4.78 is 34.8. The van der Waals surface area contributed by atoms with Gasteiger partial charge in [-0.15, -0.1) is 20.5 Å². The largest absolute Gasteiger partial charge is 0.399 e. The van der Waals surface area contributed by atoms with Crippen LogP contribution in [-0.2, 0) is 18.8 Å². The highest BCUT2D eigenvalue weighted by Gasteiger charge is 2.15. The summed E-state index contributed by atoms with van der Waals surface area (Å²) in [7, 11) is -4.16. The van der Waals surface area contributed by atoms with Crippen LogP contribution in [0, 0.1) is 0 Å². The van der Waals surface area contributed by atoms with Gasteiger partial charge in [-0.2, -0.15) is 28.6 Å². The molecule has 16 nitrogen and oxygen atoms in total. The molecule has 0 bridgehead atoms. The molecule has 2 N–H and O–H groups in total. The van der Waals surface area contributed by atoms with Gasteiger partial charge in [0.2, 0.25) is 0 Å². The number of aromatic amines is 2. The maximum Gasteiger partial charge on any atom is 0.399 e. The molecular formula is C24H30N12O4S. The molecule has 0 fully saturated rings. The first-order chi connectivity index (χ1) is 20.0. The minimum Gasteiger partial charge on any atom is -0.369 e. The first kappa shape index (κ1) is 29.4. The van der Waals surface area contributed by atoms with Crippen molar-refractivity contribution in [3.05, 3.63) is 61.2 Å². The molecule has 0 unspecified atom stereocenters. The number of H-pyrrole nitrogens is 2. The highest BCUT2D eigenvalue weighted by atomic mass is 32.3. The molecule has 0 aliphatic carbocycles.